The number of aliphatic carboxylic acids is 1. The molecule has 3 amide bonds. The minimum atomic E-state index is -0.777. The van der Waals surface area contributed by atoms with Gasteiger partial charge in [-0.1, -0.05) is 6.07 Å². The largest absolute Gasteiger partial charge is 0.481 e. The summed E-state index contributed by atoms with van der Waals surface area (Å²) in [6.45, 7) is 4.44. The summed E-state index contributed by atoms with van der Waals surface area (Å²) in [5, 5.41) is 11.7. The van der Waals surface area contributed by atoms with E-state index >= 15 is 0 Å². The van der Waals surface area contributed by atoms with Crippen LogP contribution in [-0.2, 0) is 19.2 Å². The van der Waals surface area contributed by atoms with Crippen LogP contribution in [-0.4, -0.2) is 64.9 Å². The van der Waals surface area contributed by atoms with Gasteiger partial charge in [0.05, 0.1) is 11.3 Å². The fourth-order valence-electron chi connectivity index (χ4n) is 5.01. The average Bonchev–Trinajstić information content (AvgIpc) is 2.80. The second-order valence-corrected chi connectivity index (χ2v) is 9.83. The molecule has 1 unspecified atom stereocenters. The second kappa shape index (κ2) is 9.49. The molecular weight excluding hydrogens is 424 g/mol. The van der Waals surface area contributed by atoms with Crippen LogP contribution in [0.2, 0.25) is 0 Å². The van der Waals surface area contributed by atoms with Gasteiger partial charge < -0.3 is 14.9 Å². The Balaban J connectivity index is 1.24. The van der Waals surface area contributed by atoms with Crippen molar-refractivity contribution in [3.05, 3.63) is 23.9 Å². The fourth-order valence-corrected chi connectivity index (χ4v) is 5.01. The lowest BCUT2D eigenvalue weighted by Crippen LogP contribution is -2.46. The Morgan fingerprint density at radius 2 is 1.82 bits per heavy atom. The Morgan fingerprint density at radius 3 is 2.39 bits per heavy atom. The quantitative estimate of drug-likeness (QED) is 0.650. The van der Waals surface area contributed by atoms with Crippen LogP contribution >= 0.6 is 0 Å². The first-order chi connectivity index (χ1) is 15.7. The van der Waals surface area contributed by atoms with Crippen molar-refractivity contribution in [1.29, 1.82) is 0 Å². The summed E-state index contributed by atoms with van der Waals surface area (Å²) in [6.07, 6.45) is 5.93. The minimum Gasteiger partial charge on any atom is -0.481 e. The van der Waals surface area contributed by atoms with Gasteiger partial charge in [-0.25, -0.2) is 4.98 Å². The van der Waals surface area contributed by atoms with Crippen LogP contribution < -0.4 is 10.2 Å². The summed E-state index contributed by atoms with van der Waals surface area (Å²) in [6, 6.07) is 3.84. The van der Waals surface area contributed by atoms with Gasteiger partial charge in [0.1, 0.15) is 5.82 Å². The molecule has 9 heteroatoms. The van der Waals surface area contributed by atoms with Crippen molar-refractivity contribution < 1.29 is 24.3 Å². The van der Waals surface area contributed by atoms with Crippen molar-refractivity contribution in [2.24, 2.45) is 11.3 Å². The Hall–Kier alpha value is -2.97. The highest BCUT2D eigenvalue weighted by Gasteiger charge is 2.38. The van der Waals surface area contributed by atoms with Crippen molar-refractivity contribution >= 4 is 29.5 Å². The Kier molecular flexibility index (Phi) is 6.67. The summed E-state index contributed by atoms with van der Waals surface area (Å²) in [5.41, 5.74) is 0.104. The number of pyridine rings is 1. The normalized spacial score (nSPS) is 23.8. The molecule has 0 radical (unpaired) electrons. The molecule has 0 saturated carbocycles. The number of likely N-dealkylation sites (tertiary alicyclic amines) is 1. The first-order valence-corrected chi connectivity index (χ1v) is 11.8. The van der Waals surface area contributed by atoms with Crippen molar-refractivity contribution in [3.63, 3.8) is 0 Å². The number of carbonyl (C=O) groups excluding carboxylic acids is 3. The smallest absolute Gasteiger partial charge is 0.309 e. The van der Waals surface area contributed by atoms with E-state index in [4.69, 9.17) is 0 Å². The summed E-state index contributed by atoms with van der Waals surface area (Å²) in [5.74, 6) is -0.268. The van der Waals surface area contributed by atoms with E-state index in [0.29, 0.717) is 51.1 Å². The summed E-state index contributed by atoms with van der Waals surface area (Å²) in [7, 11) is 0. The molecule has 1 atom stereocenters. The summed E-state index contributed by atoms with van der Waals surface area (Å²) >= 11 is 0. The van der Waals surface area contributed by atoms with E-state index < -0.39 is 11.4 Å². The maximum absolute atomic E-state index is 12.7. The van der Waals surface area contributed by atoms with Crippen LogP contribution in [0.1, 0.15) is 63.4 Å². The van der Waals surface area contributed by atoms with E-state index in [2.05, 4.69) is 15.2 Å². The van der Waals surface area contributed by atoms with Crippen molar-refractivity contribution in [1.82, 2.24) is 15.2 Å². The van der Waals surface area contributed by atoms with E-state index in [1.807, 2.05) is 17.0 Å². The lowest BCUT2D eigenvalue weighted by atomic mass is 9.80. The third kappa shape index (κ3) is 5.17. The van der Waals surface area contributed by atoms with Gasteiger partial charge in [-0.3, -0.25) is 24.5 Å². The van der Waals surface area contributed by atoms with Crippen molar-refractivity contribution in [3.8, 4) is 0 Å². The van der Waals surface area contributed by atoms with Gasteiger partial charge in [0, 0.05) is 45.2 Å². The van der Waals surface area contributed by atoms with E-state index in [1.54, 1.807) is 13.1 Å². The van der Waals surface area contributed by atoms with Crippen molar-refractivity contribution in [2.45, 2.75) is 57.8 Å². The number of amides is 3. The molecule has 178 valence electrons. The number of rotatable bonds is 5. The van der Waals surface area contributed by atoms with Crippen LogP contribution in [0.15, 0.2) is 18.3 Å². The number of hydrogen-bond donors (Lipinski definition) is 2. The number of piperidine rings is 3. The molecule has 3 aliphatic rings. The topological polar surface area (TPSA) is 120 Å². The van der Waals surface area contributed by atoms with Gasteiger partial charge in [-0.05, 0) is 56.6 Å². The number of carboxylic acid groups (broad SMARTS) is 1. The zero-order chi connectivity index (χ0) is 23.6. The number of imide groups is 1. The highest BCUT2D eigenvalue weighted by molar-refractivity contribution is 6.00. The number of nitrogens with zero attached hydrogens (tertiary/aromatic N) is 3. The van der Waals surface area contributed by atoms with Gasteiger partial charge in [0.15, 0.2) is 0 Å². The van der Waals surface area contributed by atoms with Gasteiger partial charge in [-0.2, -0.15) is 0 Å². The zero-order valence-electron chi connectivity index (χ0n) is 19.1. The van der Waals surface area contributed by atoms with Crippen LogP contribution in [0.25, 0.3) is 0 Å². The van der Waals surface area contributed by atoms with Gasteiger partial charge in [0.2, 0.25) is 17.7 Å². The summed E-state index contributed by atoms with van der Waals surface area (Å²) in [4.78, 5) is 56.1. The molecule has 0 spiro atoms. The van der Waals surface area contributed by atoms with E-state index in [-0.39, 0.29) is 23.6 Å². The number of carbonyl (C=O) groups is 4. The first-order valence-electron chi connectivity index (χ1n) is 11.8. The molecule has 0 aromatic carbocycles. The van der Waals surface area contributed by atoms with E-state index in [9.17, 15) is 24.3 Å². The molecule has 3 fully saturated rings. The molecule has 3 aliphatic heterocycles. The monoisotopic (exact) mass is 456 g/mol. The predicted molar refractivity (Wildman–Crippen MR) is 120 cm³/mol. The number of aromatic nitrogens is 1. The van der Waals surface area contributed by atoms with E-state index in [1.165, 1.54) is 0 Å². The van der Waals surface area contributed by atoms with Gasteiger partial charge >= 0.3 is 5.97 Å². The Morgan fingerprint density at radius 1 is 1.12 bits per heavy atom. The number of carboxylic acids is 1. The van der Waals surface area contributed by atoms with Crippen LogP contribution in [0.4, 0.5) is 5.82 Å². The number of nitrogens with one attached hydrogen (secondary N) is 1. The lowest BCUT2D eigenvalue weighted by molar-refractivity contribution is -0.153. The molecule has 1 aromatic heterocycles. The second-order valence-electron chi connectivity index (χ2n) is 9.83. The number of hydrogen-bond acceptors (Lipinski definition) is 6. The van der Waals surface area contributed by atoms with Crippen LogP contribution in [0, 0.1) is 11.3 Å². The maximum atomic E-state index is 12.7. The van der Waals surface area contributed by atoms with E-state index in [0.717, 1.165) is 37.3 Å². The molecule has 4 heterocycles. The highest BCUT2D eigenvalue weighted by Crippen LogP contribution is 2.32. The molecule has 3 saturated heterocycles. The molecule has 9 nitrogen and oxygen atoms in total. The fraction of sp³-hybridized carbons (Fsp3) is 0.625. The van der Waals surface area contributed by atoms with Gasteiger partial charge in [0.25, 0.3) is 0 Å². The third-order valence-corrected chi connectivity index (χ3v) is 7.55. The summed E-state index contributed by atoms with van der Waals surface area (Å²) < 4.78 is 0. The van der Waals surface area contributed by atoms with Crippen molar-refractivity contribution in [2.75, 3.05) is 31.1 Å². The number of anilines is 1. The van der Waals surface area contributed by atoms with Gasteiger partial charge in [-0.15, -0.1) is 0 Å². The van der Waals surface area contributed by atoms with Crippen LogP contribution in [0.3, 0.4) is 0 Å². The average molecular weight is 457 g/mol. The van der Waals surface area contributed by atoms with Crippen LogP contribution in [0.5, 0.6) is 0 Å². The third-order valence-electron chi connectivity index (χ3n) is 7.55. The lowest BCUT2D eigenvalue weighted by Gasteiger charge is -2.38. The predicted octanol–water partition coefficient (Wildman–Crippen LogP) is 1.92. The highest BCUT2D eigenvalue weighted by atomic mass is 16.4. The molecule has 4 rings (SSSR count). The Bertz CT molecular complexity index is 915. The molecule has 0 bridgehead atoms. The molecule has 1 aromatic rings. The molecular formula is C24H32N4O5. The minimum absolute atomic E-state index is 0.132. The Labute approximate surface area is 193 Å². The molecule has 2 N–H and O–H groups in total. The molecule has 0 aliphatic carbocycles. The first kappa shape index (κ1) is 23.2. The SMILES string of the molecule is CC1(C(=O)O)CCN(C(=O)CC2CCN(c3ccc(C4CCC(=O)NC4=O)cn3)CC2)CC1. The standard InChI is InChI=1S/C24H32N4O5/c1-24(23(32)33)8-12-28(13-9-24)21(30)14-16-6-10-27(11-7-16)19-4-2-17(15-25-19)18-3-5-20(29)26-22(18)31/h2,4,15-16,18H,3,5-14H2,1H3,(H,32,33)(H,26,29,31). The maximum Gasteiger partial charge on any atom is 0.309 e. The molecule has 33 heavy (non-hydrogen) atoms. The zero-order valence-corrected chi connectivity index (χ0v) is 19.1.